The highest BCUT2D eigenvalue weighted by molar-refractivity contribution is 5.95. The first-order chi connectivity index (χ1) is 25.4. The molecule has 0 amide bonds. The van der Waals surface area contributed by atoms with Crippen molar-refractivity contribution >= 4 is 10.9 Å². The molecule has 8 aromatic rings. The summed E-state index contributed by atoms with van der Waals surface area (Å²) in [6.07, 6.45) is -3.80. The first kappa shape index (κ1) is 32.8. The third kappa shape index (κ3) is 5.82. The predicted molar refractivity (Wildman–Crippen MR) is 198 cm³/mol. The van der Waals surface area contributed by atoms with Crippen LogP contribution in [0, 0.1) is 0 Å². The van der Waals surface area contributed by atoms with Crippen LogP contribution in [0.4, 0.5) is 13.2 Å². The molecular weight excluding hydrogens is 656 g/mol. The summed E-state index contributed by atoms with van der Waals surface area (Å²) in [6.45, 7) is 1.98. The predicted octanol–water partition coefficient (Wildman–Crippen LogP) is 10.6. The molecule has 0 saturated heterocycles. The van der Waals surface area contributed by atoms with Gasteiger partial charge in [-0.05, 0) is 74.8 Å². The maximum atomic E-state index is 13.7. The van der Waals surface area contributed by atoms with Gasteiger partial charge in [-0.25, -0.2) is 0 Å². The summed E-state index contributed by atoms with van der Waals surface area (Å²) in [5.41, 5.74) is 6.77. The van der Waals surface area contributed by atoms with E-state index in [1.54, 1.807) is 4.80 Å². The maximum Gasteiger partial charge on any atom is 0.416 e. The smallest absolute Gasteiger partial charge is 0.253 e. The number of rotatable bonds is 8. The lowest BCUT2D eigenvalue weighted by molar-refractivity contribution is -0.137. The van der Waals surface area contributed by atoms with Crippen LogP contribution >= 0.6 is 0 Å². The quantitative estimate of drug-likeness (QED) is 0.149. The molecule has 2 aromatic heterocycles. The molecule has 6 aromatic carbocycles. The summed E-state index contributed by atoms with van der Waals surface area (Å²) >= 11 is 0. The normalized spacial score (nSPS) is 11.9. The maximum absolute atomic E-state index is 13.7. The summed E-state index contributed by atoms with van der Waals surface area (Å²) in [4.78, 5) is 6.31. The highest BCUT2D eigenvalue weighted by atomic mass is 19.4. The van der Waals surface area contributed by atoms with Gasteiger partial charge in [-0.15, -0.1) is 15.0 Å². The fraction of sp³-hybridized carbons (Fsp3) is 0.0909. The van der Waals surface area contributed by atoms with Crippen LogP contribution in [0.1, 0.15) is 34.9 Å². The molecule has 0 saturated carbocycles. The third-order valence-electron chi connectivity index (χ3n) is 9.51. The second-order valence-electron chi connectivity index (χ2n) is 12.6. The Morgan fingerprint density at radius 2 is 1.06 bits per heavy atom. The number of pyridine rings is 1. The number of benzene rings is 6. The molecule has 0 aliphatic rings. The standard InChI is InChI=1S/C44H32F3N5/c1-2-36-29-39(40-28-35(44(45,46)47)26-27-41(40)48-36)31-24-22-30(23-25-31)37-20-12-13-21-38(37)42-49-51-52(50-42)43(32-14-6-3-7-15-32,33-16-8-4-9-17-33)34-18-10-5-11-19-34/h3-29H,2H2,1H3. The Bertz CT molecular complexity index is 2380. The molecule has 0 N–H and O–H groups in total. The lowest BCUT2D eigenvalue weighted by atomic mass is 9.77. The van der Waals surface area contributed by atoms with E-state index in [4.69, 9.17) is 10.3 Å². The van der Waals surface area contributed by atoms with Crippen molar-refractivity contribution in [3.05, 3.63) is 192 Å². The van der Waals surface area contributed by atoms with Crippen LogP contribution in [0.3, 0.4) is 0 Å². The highest BCUT2D eigenvalue weighted by Gasteiger charge is 2.41. The van der Waals surface area contributed by atoms with Gasteiger partial charge in [-0.2, -0.15) is 13.2 Å². The molecule has 52 heavy (non-hydrogen) atoms. The van der Waals surface area contributed by atoms with E-state index in [0.717, 1.165) is 50.7 Å². The molecule has 254 valence electrons. The Morgan fingerprint density at radius 1 is 0.538 bits per heavy atom. The average molecular weight is 688 g/mol. The van der Waals surface area contributed by atoms with E-state index in [1.807, 2.05) is 116 Å². The Balaban J connectivity index is 1.23. The van der Waals surface area contributed by atoms with Gasteiger partial charge < -0.3 is 0 Å². The molecule has 0 aliphatic carbocycles. The number of hydrogen-bond acceptors (Lipinski definition) is 4. The lowest BCUT2D eigenvalue weighted by Gasteiger charge is -2.34. The molecule has 0 radical (unpaired) electrons. The monoisotopic (exact) mass is 687 g/mol. The van der Waals surface area contributed by atoms with Gasteiger partial charge in [0.05, 0.1) is 11.1 Å². The van der Waals surface area contributed by atoms with Gasteiger partial charge in [-0.1, -0.05) is 146 Å². The van der Waals surface area contributed by atoms with E-state index in [2.05, 4.69) is 46.5 Å². The minimum atomic E-state index is -4.46. The van der Waals surface area contributed by atoms with Crippen molar-refractivity contribution in [1.29, 1.82) is 0 Å². The molecule has 2 heterocycles. The van der Waals surface area contributed by atoms with Gasteiger partial charge in [0.1, 0.15) is 0 Å². The SMILES string of the molecule is CCc1cc(-c2ccc(-c3ccccc3-c3nnn(C(c4ccccc4)(c4ccccc4)c4ccccc4)n3)cc2)c2cc(C(F)(F)F)ccc2n1. The van der Waals surface area contributed by atoms with Crippen molar-refractivity contribution in [3.8, 4) is 33.6 Å². The fourth-order valence-electron chi connectivity index (χ4n) is 6.98. The van der Waals surface area contributed by atoms with Gasteiger partial charge in [0.25, 0.3) is 0 Å². The van der Waals surface area contributed by atoms with Crippen LogP contribution < -0.4 is 0 Å². The summed E-state index contributed by atoms with van der Waals surface area (Å²) in [5.74, 6) is 0.458. The molecule has 5 nitrogen and oxygen atoms in total. The molecule has 8 rings (SSSR count). The van der Waals surface area contributed by atoms with Crippen LogP contribution in [-0.4, -0.2) is 25.2 Å². The summed E-state index contributed by atoms with van der Waals surface area (Å²) in [5, 5.41) is 15.0. The zero-order chi connectivity index (χ0) is 35.7. The van der Waals surface area contributed by atoms with Gasteiger partial charge in [0, 0.05) is 16.6 Å². The first-order valence-electron chi connectivity index (χ1n) is 17.0. The van der Waals surface area contributed by atoms with Crippen molar-refractivity contribution in [2.45, 2.75) is 25.1 Å². The second kappa shape index (κ2) is 13.4. The van der Waals surface area contributed by atoms with Crippen LogP contribution in [0.25, 0.3) is 44.5 Å². The number of fused-ring (bicyclic) bond motifs is 1. The Hall–Kier alpha value is -6.41. The summed E-state index contributed by atoms with van der Waals surface area (Å²) in [6, 6.07) is 51.9. The molecule has 0 spiro atoms. The lowest BCUT2D eigenvalue weighted by Crippen LogP contribution is -2.39. The number of aromatic nitrogens is 5. The van der Waals surface area contributed by atoms with Gasteiger partial charge >= 0.3 is 6.18 Å². The van der Waals surface area contributed by atoms with Gasteiger partial charge in [0.2, 0.25) is 5.82 Å². The molecule has 0 fully saturated rings. The van der Waals surface area contributed by atoms with E-state index in [-0.39, 0.29) is 0 Å². The second-order valence-corrected chi connectivity index (χ2v) is 12.6. The molecule has 0 bridgehead atoms. The Labute approximate surface area is 299 Å². The Kier molecular flexibility index (Phi) is 8.43. The number of aryl methyl sites for hydroxylation is 1. The average Bonchev–Trinajstić information content (AvgIpc) is 3.69. The number of alkyl halides is 3. The van der Waals surface area contributed by atoms with Crippen molar-refractivity contribution in [3.63, 3.8) is 0 Å². The van der Waals surface area contributed by atoms with Gasteiger partial charge in [0.15, 0.2) is 5.54 Å². The minimum Gasteiger partial charge on any atom is -0.253 e. The topological polar surface area (TPSA) is 56.5 Å². The highest BCUT2D eigenvalue weighted by Crippen LogP contribution is 2.41. The van der Waals surface area contributed by atoms with E-state index < -0.39 is 17.3 Å². The summed E-state index contributed by atoms with van der Waals surface area (Å²) in [7, 11) is 0. The fourth-order valence-corrected chi connectivity index (χ4v) is 6.98. The zero-order valence-corrected chi connectivity index (χ0v) is 28.2. The number of tetrazole rings is 1. The van der Waals surface area contributed by atoms with Crippen molar-refractivity contribution < 1.29 is 13.2 Å². The number of hydrogen-bond donors (Lipinski definition) is 0. The van der Waals surface area contributed by atoms with Crippen LogP contribution in [-0.2, 0) is 18.1 Å². The van der Waals surface area contributed by atoms with Crippen LogP contribution in [0.5, 0.6) is 0 Å². The molecule has 0 atom stereocenters. The number of nitrogens with zero attached hydrogens (tertiary/aromatic N) is 5. The van der Waals surface area contributed by atoms with Crippen molar-refractivity contribution in [1.82, 2.24) is 25.2 Å². The molecule has 0 aliphatic heterocycles. The number of halogens is 3. The van der Waals surface area contributed by atoms with E-state index in [1.165, 1.54) is 12.1 Å². The van der Waals surface area contributed by atoms with Crippen LogP contribution in [0.2, 0.25) is 0 Å². The van der Waals surface area contributed by atoms with Crippen molar-refractivity contribution in [2.24, 2.45) is 0 Å². The van der Waals surface area contributed by atoms with Crippen molar-refractivity contribution in [2.75, 3.05) is 0 Å². The van der Waals surface area contributed by atoms with E-state index >= 15 is 0 Å². The Morgan fingerprint density at radius 3 is 1.60 bits per heavy atom. The zero-order valence-electron chi connectivity index (χ0n) is 28.2. The molecule has 8 heteroatoms. The van der Waals surface area contributed by atoms with E-state index in [9.17, 15) is 13.2 Å². The third-order valence-corrected chi connectivity index (χ3v) is 9.51. The minimum absolute atomic E-state index is 0.458. The first-order valence-corrected chi connectivity index (χ1v) is 17.0. The van der Waals surface area contributed by atoms with Crippen LogP contribution in [0.15, 0.2) is 164 Å². The summed E-state index contributed by atoms with van der Waals surface area (Å²) < 4.78 is 41.1. The largest absolute Gasteiger partial charge is 0.416 e. The molecule has 0 unspecified atom stereocenters. The molecular formula is C44H32F3N5. The van der Waals surface area contributed by atoms with Gasteiger partial charge in [-0.3, -0.25) is 4.98 Å². The van der Waals surface area contributed by atoms with E-state index in [0.29, 0.717) is 28.7 Å².